The summed E-state index contributed by atoms with van der Waals surface area (Å²) in [7, 11) is 1.33. The lowest BCUT2D eigenvalue weighted by molar-refractivity contribution is -0.383. The Morgan fingerprint density at radius 2 is 2.04 bits per heavy atom. The molecule has 0 aliphatic rings. The monoisotopic (exact) mass is 408 g/mol. The maximum atomic E-state index is 13.6. The molecule has 10 heteroatoms. The van der Waals surface area contributed by atoms with Gasteiger partial charge < -0.3 is 14.8 Å². The van der Waals surface area contributed by atoms with Gasteiger partial charge in [0.1, 0.15) is 5.69 Å². The molecule has 0 fully saturated rings. The largest absolute Gasteiger partial charge is 0.494 e. The molecule has 0 aliphatic carbocycles. The number of esters is 1. The number of amides is 1. The van der Waals surface area contributed by atoms with Crippen LogP contribution in [0, 0.1) is 15.9 Å². The molecule has 8 nitrogen and oxygen atoms in total. The van der Waals surface area contributed by atoms with E-state index in [1.807, 2.05) is 0 Å². The topological polar surface area (TPSA) is 108 Å². The maximum Gasteiger partial charge on any atom is 0.331 e. The molecular formula is C18H14ClFN2O6. The molecule has 0 bridgehead atoms. The second kappa shape index (κ2) is 9.47. The van der Waals surface area contributed by atoms with Gasteiger partial charge in [0.25, 0.3) is 11.6 Å². The van der Waals surface area contributed by atoms with Gasteiger partial charge in [0.05, 0.1) is 12.0 Å². The van der Waals surface area contributed by atoms with E-state index in [-0.39, 0.29) is 22.1 Å². The Labute approximate surface area is 163 Å². The average molecular weight is 409 g/mol. The van der Waals surface area contributed by atoms with Gasteiger partial charge in [-0.25, -0.2) is 9.18 Å². The lowest BCUT2D eigenvalue weighted by Gasteiger charge is -2.06. The second-order valence-electron chi connectivity index (χ2n) is 5.30. The van der Waals surface area contributed by atoms with Gasteiger partial charge in [0, 0.05) is 17.2 Å². The van der Waals surface area contributed by atoms with Crippen LogP contribution in [0.15, 0.2) is 42.5 Å². The van der Waals surface area contributed by atoms with Crippen molar-refractivity contribution in [3.05, 3.63) is 69.0 Å². The molecule has 2 aromatic carbocycles. The Morgan fingerprint density at radius 3 is 2.68 bits per heavy atom. The van der Waals surface area contributed by atoms with Crippen molar-refractivity contribution >= 4 is 40.9 Å². The van der Waals surface area contributed by atoms with Crippen LogP contribution in [-0.2, 0) is 14.3 Å². The molecule has 0 spiro atoms. The van der Waals surface area contributed by atoms with Crippen molar-refractivity contribution in [3.63, 3.8) is 0 Å². The third kappa shape index (κ3) is 5.78. The fourth-order valence-electron chi connectivity index (χ4n) is 2.09. The van der Waals surface area contributed by atoms with E-state index in [2.05, 4.69) is 5.32 Å². The summed E-state index contributed by atoms with van der Waals surface area (Å²) in [6.45, 7) is -0.677. The number of methoxy groups -OCH3 is 1. The van der Waals surface area contributed by atoms with E-state index in [4.69, 9.17) is 21.1 Å². The van der Waals surface area contributed by atoms with Crippen molar-refractivity contribution in [3.8, 4) is 5.75 Å². The van der Waals surface area contributed by atoms with Crippen LogP contribution in [0.4, 0.5) is 15.8 Å². The zero-order valence-electron chi connectivity index (χ0n) is 14.5. The number of nitro groups is 1. The minimum atomic E-state index is -0.855. The molecule has 0 saturated heterocycles. The predicted octanol–water partition coefficient (Wildman–Crippen LogP) is 3.59. The summed E-state index contributed by atoms with van der Waals surface area (Å²) in [5, 5.41) is 13.4. The molecule has 0 aromatic heterocycles. The Balaban J connectivity index is 1.92. The van der Waals surface area contributed by atoms with Crippen LogP contribution >= 0.6 is 11.6 Å². The minimum Gasteiger partial charge on any atom is -0.494 e. The molecule has 2 aromatic rings. The number of anilines is 1. The number of nitro benzene ring substituents is 1. The maximum absolute atomic E-state index is 13.6. The van der Waals surface area contributed by atoms with E-state index in [0.29, 0.717) is 5.56 Å². The molecule has 0 atom stereocenters. The number of ether oxygens (including phenoxy) is 2. The fourth-order valence-corrected chi connectivity index (χ4v) is 2.26. The number of hydrogen-bond acceptors (Lipinski definition) is 6. The zero-order valence-corrected chi connectivity index (χ0v) is 15.2. The van der Waals surface area contributed by atoms with Crippen LogP contribution in [-0.4, -0.2) is 30.5 Å². The average Bonchev–Trinajstić information content (AvgIpc) is 2.64. The molecule has 0 heterocycles. The normalized spacial score (nSPS) is 10.5. The first-order valence-electron chi connectivity index (χ1n) is 7.72. The molecule has 0 saturated carbocycles. The minimum absolute atomic E-state index is 0.0616. The SMILES string of the molecule is COc1ccc(/C=C/C(=O)OCC(=O)Nc2cc(Cl)ccc2[N+](=O)[O-])cc1F. The van der Waals surface area contributed by atoms with E-state index in [1.165, 1.54) is 37.5 Å². The molecule has 1 N–H and O–H groups in total. The Kier molecular flexibility index (Phi) is 7.05. The summed E-state index contributed by atoms with van der Waals surface area (Å²) in [6, 6.07) is 7.73. The summed E-state index contributed by atoms with van der Waals surface area (Å²) in [5.41, 5.74) is -0.0949. The molecule has 0 aliphatic heterocycles. The smallest absolute Gasteiger partial charge is 0.331 e. The number of carbonyl (C=O) groups excluding carboxylic acids is 2. The quantitative estimate of drug-likeness (QED) is 0.324. The van der Waals surface area contributed by atoms with E-state index < -0.39 is 29.2 Å². The lowest BCUT2D eigenvalue weighted by atomic mass is 10.2. The predicted molar refractivity (Wildman–Crippen MR) is 99.7 cm³/mol. The highest BCUT2D eigenvalue weighted by atomic mass is 35.5. The molecule has 1 amide bonds. The van der Waals surface area contributed by atoms with Crippen LogP contribution in [0.3, 0.4) is 0 Å². The van der Waals surface area contributed by atoms with Gasteiger partial charge in [-0.3, -0.25) is 14.9 Å². The van der Waals surface area contributed by atoms with Crippen LogP contribution in [0.25, 0.3) is 6.08 Å². The highest BCUT2D eigenvalue weighted by Crippen LogP contribution is 2.27. The molecular weight excluding hydrogens is 395 g/mol. The van der Waals surface area contributed by atoms with Crippen LogP contribution in [0.2, 0.25) is 5.02 Å². The van der Waals surface area contributed by atoms with Crippen molar-refractivity contribution in [1.82, 2.24) is 0 Å². The van der Waals surface area contributed by atoms with Crippen molar-refractivity contribution in [1.29, 1.82) is 0 Å². The highest BCUT2D eigenvalue weighted by Gasteiger charge is 2.16. The Hall–Kier alpha value is -3.46. The molecule has 0 radical (unpaired) electrons. The third-order valence-corrected chi connectivity index (χ3v) is 3.60. The first kappa shape index (κ1) is 20.8. The van der Waals surface area contributed by atoms with E-state index in [9.17, 15) is 24.1 Å². The van der Waals surface area contributed by atoms with Gasteiger partial charge >= 0.3 is 5.97 Å². The zero-order chi connectivity index (χ0) is 20.7. The number of nitrogens with one attached hydrogen (secondary N) is 1. The number of halogens is 2. The lowest BCUT2D eigenvalue weighted by Crippen LogP contribution is -2.20. The molecule has 28 heavy (non-hydrogen) atoms. The number of hydrogen-bond donors (Lipinski definition) is 1. The number of nitrogens with zero attached hydrogens (tertiary/aromatic N) is 1. The van der Waals surface area contributed by atoms with E-state index in [0.717, 1.165) is 18.2 Å². The van der Waals surface area contributed by atoms with E-state index >= 15 is 0 Å². The highest BCUT2D eigenvalue weighted by molar-refractivity contribution is 6.31. The second-order valence-corrected chi connectivity index (χ2v) is 5.74. The Bertz CT molecular complexity index is 948. The van der Waals surface area contributed by atoms with E-state index in [1.54, 1.807) is 0 Å². The third-order valence-electron chi connectivity index (χ3n) is 3.36. The van der Waals surface area contributed by atoms with Crippen LogP contribution in [0.5, 0.6) is 5.75 Å². The summed E-state index contributed by atoms with van der Waals surface area (Å²) < 4.78 is 23.1. The number of benzene rings is 2. The summed E-state index contributed by atoms with van der Waals surface area (Å²) in [4.78, 5) is 33.8. The van der Waals surface area contributed by atoms with Gasteiger partial charge in [-0.1, -0.05) is 17.7 Å². The van der Waals surface area contributed by atoms with Crippen molar-refractivity contribution in [2.75, 3.05) is 19.0 Å². The van der Waals surface area contributed by atoms with Gasteiger partial charge in [0.2, 0.25) is 0 Å². The van der Waals surface area contributed by atoms with Gasteiger partial charge in [-0.05, 0) is 35.9 Å². The Morgan fingerprint density at radius 1 is 1.29 bits per heavy atom. The van der Waals surface area contributed by atoms with Crippen molar-refractivity contribution in [2.24, 2.45) is 0 Å². The van der Waals surface area contributed by atoms with Crippen LogP contribution in [0.1, 0.15) is 5.56 Å². The molecule has 146 valence electrons. The molecule has 0 unspecified atom stereocenters. The van der Waals surface area contributed by atoms with Crippen molar-refractivity contribution in [2.45, 2.75) is 0 Å². The first-order chi connectivity index (χ1) is 13.3. The number of carbonyl (C=O) groups is 2. The van der Waals surface area contributed by atoms with Gasteiger partial charge in [-0.2, -0.15) is 0 Å². The van der Waals surface area contributed by atoms with Crippen LogP contribution < -0.4 is 10.1 Å². The number of rotatable bonds is 7. The summed E-state index contributed by atoms with van der Waals surface area (Å²) >= 11 is 5.76. The van der Waals surface area contributed by atoms with Gasteiger partial charge in [-0.15, -0.1) is 0 Å². The summed E-state index contributed by atoms with van der Waals surface area (Å²) in [5.74, 6) is -2.18. The first-order valence-corrected chi connectivity index (χ1v) is 8.10. The standard InChI is InChI=1S/C18H14ClFN2O6/c1-27-16-6-2-11(8-13(16)20)3-7-18(24)28-10-17(23)21-14-9-12(19)4-5-15(14)22(25)26/h2-9H,10H2,1H3,(H,21,23)/b7-3+. The van der Waals surface area contributed by atoms with Gasteiger partial charge in [0.15, 0.2) is 18.2 Å². The summed E-state index contributed by atoms with van der Waals surface area (Å²) in [6.07, 6.45) is 2.31. The fraction of sp³-hybridized carbons (Fsp3) is 0.111. The van der Waals surface area contributed by atoms with Crippen molar-refractivity contribution < 1.29 is 28.4 Å². The molecule has 2 rings (SSSR count).